The highest BCUT2D eigenvalue weighted by Gasteiger charge is 2.28. The molecule has 1 aliphatic carbocycles. The lowest BCUT2D eigenvalue weighted by atomic mass is 9.88. The molecule has 0 saturated heterocycles. The lowest BCUT2D eigenvalue weighted by Crippen LogP contribution is -2.29. The van der Waals surface area contributed by atoms with Crippen molar-refractivity contribution in [2.24, 2.45) is 4.99 Å². The summed E-state index contributed by atoms with van der Waals surface area (Å²) in [6.45, 7) is 0.151. The van der Waals surface area contributed by atoms with E-state index < -0.39 is 0 Å². The van der Waals surface area contributed by atoms with E-state index >= 15 is 0 Å². The molecule has 2 aromatic rings. The van der Waals surface area contributed by atoms with Gasteiger partial charge in [-0.25, -0.2) is 0 Å². The summed E-state index contributed by atoms with van der Waals surface area (Å²) < 4.78 is 0. The molecule has 124 valence electrons. The van der Waals surface area contributed by atoms with Gasteiger partial charge in [-0.15, -0.1) is 0 Å². The second-order valence-electron chi connectivity index (χ2n) is 5.40. The molecule has 0 aromatic heterocycles. The third-order valence-electron chi connectivity index (χ3n) is 3.85. The molecule has 0 aliphatic heterocycles. The second-order valence-corrected chi connectivity index (χ2v) is 5.40. The van der Waals surface area contributed by atoms with Gasteiger partial charge in [0.15, 0.2) is 5.78 Å². The molecule has 4 N–H and O–H groups in total. The number of aliphatic hydroxyl groups excluding tert-OH is 2. The Kier molecular flexibility index (Phi) is 4.59. The molecule has 0 amide bonds. The Morgan fingerprint density at radius 1 is 1.12 bits per heavy atom. The smallest absolute Gasteiger partial charge is 0.188 e. The number of aliphatic imine (C=N–C) groups is 1. The van der Waals surface area contributed by atoms with Gasteiger partial charge in [0.25, 0.3) is 0 Å². The molecule has 3 rings (SSSR count). The number of hydrogen-bond donors (Lipinski definition) is 4. The monoisotopic (exact) mass is 326 g/mol. The molecule has 2 aromatic carbocycles. The van der Waals surface area contributed by atoms with E-state index in [1.807, 2.05) is 18.2 Å². The number of aromatic hydroxyl groups is 1. The van der Waals surface area contributed by atoms with E-state index in [0.29, 0.717) is 27.9 Å². The predicted octanol–water partition coefficient (Wildman–Crippen LogP) is 0.989. The Bertz CT molecular complexity index is 855. The molecule has 0 fully saturated rings. The molecule has 0 bridgehead atoms. The summed E-state index contributed by atoms with van der Waals surface area (Å²) in [4.78, 5) is 16.8. The Balaban J connectivity index is 2.23. The number of nitrogens with zero attached hydrogens (tertiary/aromatic N) is 1. The second kappa shape index (κ2) is 6.82. The highest BCUT2D eigenvalue weighted by atomic mass is 16.3. The molecule has 6 heteroatoms. The normalized spacial score (nSPS) is 15.5. The number of allylic oxidation sites excluding steroid dienone is 2. The fraction of sp³-hybridized carbons (Fsp3) is 0.222. The summed E-state index contributed by atoms with van der Waals surface area (Å²) in [6.07, 6.45) is 1.41. The van der Waals surface area contributed by atoms with Crippen LogP contribution in [0, 0.1) is 0 Å². The van der Waals surface area contributed by atoms with E-state index in [1.54, 1.807) is 12.1 Å². The topological polar surface area (TPSA) is 102 Å². The predicted molar refractivity (Wildman–Crippen MR) is 91.6 cm³/mol. The highest BCUT2D eigenvalue weighted by molar-refractivity contribution is 6.29. The van der Waals surface area contributed by atoms with Gasteiger partial charge in [0.05, 0.1) is 36.7 Å². The average molecular weight is 326 g/mol. The van der Waals surface area contributed by atoms with Crippen LogP contribution >= 0.6 is 0 Å². The van der Waals surface area contributed by atoms with Crippen LogP contribution in [-0.4, -0.2) is 53.1 Å². The number of phenols is 1. The van der Waals surface area contributed by atoms with E-state index in [1.165, 1.54) is 6.08 Å². The number of hydrogen-bond acceptors (Lipinski definition) is 6. The maximum Gasteiger partial charge on any atom is 0.188 e. The Labute approximate surface area is 138 Å². The van der Waals surface area contributed by atoms with Crippen molar-refractivity contribution in [3.05, 3.63) is 53.2 Å². The van der Waals surface area contributed by atoms with Crippen LogP contribution in [0.25, 0.3) is 10.8 Å². The molecule has 0 saturated carbocycles. The van der Waals surface area contributed by atoms with Gasteiger partial charge in [0.2, 0.25) is 0 Å². The lowest BCUT2D eigenvalue weighted by molar-refractivity contribution is 0.104. The quantitative estimate of drug-likeness (QED) is 0.656. The Morgan fingerprint density at radius 3 is 2.67 bits per heavy atom. The van der Waals surface area contributed by atoms with Crippen LogP contribution in [-0.2, 0) is 0 Å². The van der Waals surface area contributed by atoms with E-state index in [0.717, 1.165) is 5.39 Å². The van der Waals surface area contributed by atoms with Crippen molar-refractivity contribution in [3.63, 3.8) is 0 Å². The third kappa shape index (κ3) is 2.77. The van der Waals surface area contributed by atoms with E-state index in [9.17, 15) is 9.90 Å². The highest BCUT2D eigenvalue weighted by Crippen LogP contribution is 2.35. The number of rotatable bonds is 5. The number of aliphatic hydroxyl groups is 2. The maximum absolute atomic E-state index is 12.5. The number of carbonyl (C=O) groups is 1. The van der Waals surface area contributed by atoms with Crippen LogP contribution in [0.5, 0.6) is 5.75 Å². The Hall–Kier alpha value is -2.70. The van der Waals surface area contributed by atoms with Gasteiger partial charge < -0.3 is 20.6 Å². The van der Waals surface area contributed by atoms with Gasteiger partial charge in [-0.3, -0.25) is 9.79 Å². The van der Waals surface area contributed by atoms with E-state index in [2.05, 4.69) is 10.3 Å². The molecule has 0 unspecified atom stereocenters. The minimum Gasteiger partial charge on any atom is -0.507 e. The summed E-state index contributed by atoms with van der Waals surface area (Å²) in [5.74, 6) is -0.251. The SMILES string of the molecule is O=C1C=C(NCCO)C(=NCCO)c2c1cc1ccccc1c2O. The van der Waals surface area contributed by atoms with Crippen LogP contribution in [0.3, 0.4) is 0 Å². The summed E-state index contributed by atoms with van der Waals surface area (Å²) in [5.41, 5.74) is 1.57. The van der Waals surface area contributed by atoms with Gasteiger partial charge in [-0.05, 0) is 11.5 Å². The summed E-state index contributed by atoms with van der Waals surface area (Å²) in [5, 5.41) is 33.2. The van der Waals surface area contributed by atoms with Crippen LogP contribution in [0.4, 0.5) is 0 Å². The Morgan fingerprint density at radius 2 is 1.92 bits per heavy atom. The van der Waals surface area contributed by atoms with Crippen LogP contribution in [0.2, 0.25) is 0 Å². The largest absolute Gasteiger partial charge is 0.507 e. The molecule has 6 nitrogen and oxygen atoms in total. The molecule has 0 atom stereocenters. The first-order chi connectivity index (χ1) is 11.7. The van der Waals surface area contributed by atoms with Crippen molar-refractivity contribution in [2.45, 2.75) is 0 Å². The summed E-state index contributed by atoms with van der Waals surface area (Å²) >= 11 is 0. The molecule has 0 heterocycles. The minimum absolute atomic E-state index is 0.00969. The van der Waals surface area contributed by atoms with Crippen LogP contribution < -0.4 is 5.32 Å². The zero-order valence-electron chi connectivity index (χ0n) is 13.0. The number of benzene rings is 2. The first-order valence-corrected chi connectivity index (χ1v) is 7.69. The molecular weight excluding hydrogens is 308 g/mol. The minimum atomic E-state index is -0.241. The van der Waals surface area contributed by atoms with Gasteiger partial charge in [-0.1, -0.05) is 24.3 Å². The fourth-order valence-electron chi connectivity index (χ4n) is 2.83. The van der Waals surface area contributed by atoms with Crippen LogP contribution in [0.1, 0.15) is 15.9 Å². The van der Waals surface area contributed by atoms with Gasteiger partial charge in [-0.2, -0.15) is 0 Å². The van der Waals surface area contributed by atoms with Gasteiger partial charge >= 0.3 is 0 Å². The molecule has 0 radical (unpaired) electrons. The fourth-order valence-corrected chi connectivity index (χ4v) is 2.83. The molecule has 24 heavy (non-hydrogen) atoms. The zero-order valence-corrected chi connectivity index (χ0v) is 13.0. The van der Waals surface area contributed by atoms with E-state index in [-0.39, 0.29) is 37.8 Å². The molecular formula is C18H18N2O4. The van der Waals surface area contributed by atoms with Crippen molar-refractivity contribution in [2.75, 3.05) is 26.3 Å². The summed E-state index contributed by atoms with van der Waals surface area (Å²) in [7, 11) is 0. The number of nitrogens with one attached hydrogen (secondary N) is 1. The van der Waals surface area contributed by atoms with Crippen LogP contribution in [0.15, 0.2) is 47.1 Å². The van der Waals surface area contributed by atoms with Crippen molar-refractivity contribution in [1.29, 1.82) is 0 Å². The lowest BCUT2D eigenvalue weighted by Gasteiger charge is -2.22. The van der Waals surface area contributed by atoms with E-state index in [4.69, 9.17) is 10.2 Å². The number of carbonyl (C=O) groups excluding carboxylic acids is 1. The number of phenolic OH excluding ortho intramolecular Hbond substituents is 1. The third-order valence-corrected chi connectivity index (χ3v) is 3.85. The maximum atomic E-state index is 12.5. The van der Waals surface area contributed by atoms with Crippen molar-refractivity contribution >= 4 is 22.3 Å². The van der Waals surface area contributed by atoms with Gasteiger partial charge in [0.1, 0.15) is 5.75 Å². The molecule has 0 spiro atoms. The van der Waals surface area contributed by atoms with Gasteiger partial charge in [0, 0.05) is 23.6 Å². The number of fused-ring (bicyclic) bond motifs is 2. The standard InChI is InChI=1S/C18H18N2O4/c21-7-5-19-14-10-15(23)13-9-11-3-1-2-4-12(11)18(24)16(13)17(14)20-6-8-22/h1-4,9-10,19,21-22,24H,5-8H2. The summed E-state index contributed by atoms with van der Waals surface area (Å²) in [6, 6.07) is 8.99. The zero-order chi connectivity index (χ0) is 17.1. The average Bonchev–Trinajstić information content (AvgIpc) is 2.60. The first-order valence-electron chi connectivity index (χ1n) is 7.69. The first kappa shape index (κ1) is 16.2. The number of ketones is 1. The van der Waals surface area contributed by atoms with Crippen molar-refractivity contribution < 1.29 is 20.1 Å². The molecule has 1 aliphatic rings. The van der Waals surface area contributed by atoms with Crippen molar-refractivity contribution in [1.82, 2.24) is 5.32 Å². The van der Waals surface area contributed by atoms with Crippen molar-refractivity contribution in [3.8, 4) is 5.75 Å².